The Balaban J connectivity index is 2.67. The maximum absolute atomic E-state index is 11.8. The van der Waals surface area contributed by atoms with Gasteiger partial charge in [0.2, 0.25) is 5.91 Å². The van der Waals surface area contributed by atoms with Crippen molar-refractivity contribution >= 4 is 29.2 Å². The predicted octanol–water partition coefficient (Wildman–Crippen LogP) is 1.16. The van der Waals surface area contributed by atoms with E-state index < -0.39 is 5.91 Å². The Labute approximate surface area is 116 Å². The summed E-state index contributed by atoms with van der Waals surface area (Å²) in [5.74, 6) is -0.224. The van der Waals surface area contributed by atoms with Gasteiger partial charge in [-0.25, -0.2) is 4.98 Å². The number of amides is 2. The van der Waals surface area contributed by atoms with E-state index in [1.165, 1.54) is 6.07 Å². The second-order valence-electron chi connectivity index (χ2n) is 3.96. The van der Waals surface area contributed by atoms with Gasteiger partial charge < -0.3 is 16.4 Å². The fourth-order valence-electron chi connectivity index (χ4n) is 1.37. The van der Waals surface area contributed by atoms with Crippen molar-refractivity contribution in [2.24, 2.45) is 5.73 Å². The summed E-state index contributed by atoms with van der Waals surface area (Å²) in [7, 11) is 0. The third kappa shape index (κ3) is 5.56. The summed E-state index contributed by atoms with van der Waals surface area (Å²) in [5.41, 5.74) is 5.38. The highest BCUT2D eigenvalue weighted by molar-refractivity contribution is 6.29. The van der Waals surface area contributed by atoms with Gasteiger partial charge in [-0.05, 0) is 18.6 Å². The number of hydrogen-bond donors (Lipinski definition) is 3. The number of nitrogens with two attached hydrogens (primary N) is 1. The molecule has 6 nitrogen and oxygen atoms in total. The van der Waals surface area contributed by atoms with Gasteiger partial charge in [-0.1, -0.05) is 18.5 Å². The van der Waals surface area contributed by atoms with Crippen molar-refractivity contribution in [1.29, 1.82) is 0 Å². The minimum atomic E-state index is -0.460. The average Bonchev–Trinajstić information content (AvgIpc) is 2.35. The lowest BCUT2D eigenvalue weighted by Gasteiger charge is -2.08. The second kappa shape index (κ2) is 7.58. The molecule has 0 spiro atoms. The molecule has 0 saturated heterocycles. The van der Waals surface area contributed by atoms with Crippen molar-refractivity contribution < 1.29 is 9.59 Å². The molecule has 7 heteroatoms. The van der Waals surface area contributed by atoms with Crippen molar-refractivity contribution in [1.82, 2.24) is 10.3 Å². The molecule has 0 saturated carbocycles. The van der Waals surface area contributed by atoms with E-state index >= 15 is 0 Å². The molecule has 0 aliphatic rings. The minimum absolute atomic E-state index is 0.103. The number of anilines is 1. The van der Waals surface area contributed by atoms with Crippen LogP contribution in [0, 0.1) is 0 Å². The molecule has 104 valence electrons. The summed E-state index contributed by atoms with van der Waals surface area (Å²) in [6.45, 7) is 2.97. The Morgan fingerprint density at radius 2 is 2.11 bits per heavy atom. The molecule has 1 heterocycles. The SMILES string of the molecule is CCCNc1cc(C(=O)NCCC(N)=O)cc(Cl)n1. The van der Waals surface area contributed by atoms with Crippen LogP contribution in [0.1, 0.15) is 30.1 Å². The van der Waals surface area contributed by atoms with Crippen LogP contribution in [-0.4, -0.2) is 29.9 Å². The Kier molecular flexibility index (Phi) is 6.08. The molecule has 0 unspecified atom stereocenters. The lowest BCUT2D eigenvalue weighted by Crippen LogP contribution is -2.28. The zero-order valence-electron chi connectivity index (χ0n) is 10.7. The molecule has 0 atom stereocenters. The monoisotopic (exact) mass is 284 g/mol. The van der Waals surface area contributed by atoms with Crippen LogP contribution in [0.25, 0.3) is 0 Å². The summed E-state index contributed by atoms with van der Waals surface area (Å²) >= 11 is 5.85. The third-order valence-electron chi connectivity index (χ3n) is 2.27. The second-order valence-corrected chi connectivity index (χ2v) is 4.35. The molecule has 1 rings (SSSR count). The van der Waals surface area contributed by atoms with Crippen LogP contribution in [0.4, 0.5) is 5.82 Å². The van der Waals surface area contributed by atoms with Crippen LogP contribution in [0.5, 0.6) is 0 Å². The van der Waals surface area contributed by atoms with Crippen LogP contribution in [0.3, 0.4) is 0 Å². The zero-order valence-corrected chi connectivity index (χ0v) is 11.5. The van der Waals surface area contributed by atoms with E-state index in [0.717, 1.165) is 13.0 Å². The van der Waals surface area contributed by atoms with Crippen molar-refractivity contribution in [3.05, 3.63) is 22.8 Å². The predicted molar refractivity (Wildman–Crippen MR) is 74.2 cm³/mol. The molecule has 1 aromatic heterocycles. The van der Waals surface area contributed by atoms with Crippen molar-refractivity contribution in [2.75, 3.05) is 18.4 Å². The van der Waals surface area contributed by atoms with Crippen molar-refractivity contribution in [3.8, 4) is 0 Å². The lowest BCUT2D eigenvalue weighted by molar-refractivity contribution is -0.117. The van der Waals surface area contributed by atoms with Crippen LogP contribution in [-0.2, 0) is 4.79 Å². The number of carbonyl (C=O) groups excluding carboxylic acids is 2. The number of rotatable bonds is 7. The zero-order chi connectivity index (χ0) is 14.3. The third-order valence-corrected chi connectivity index (χ3v) is 2.46. The van der Waals surface area contributed by atoms with Gasteiger partial charge in [0.25, 0.3) is 5.91 Å². The average molecular weight is 285 g/mol. The first-order valence-electron chi connectivity index (χ1n) is 6.01. The first-order valence-corrected chi connectivity index (χ1v) is 6.38. The van der Waals surface area contributed by atoms with Crippen LogP contribution < -0.4 is 16.4 Å². The molecule has 1 aromatic rings. The van der Waals surface area contributed by atoms with Gasteiger partial charge in [0.05, 0.1) is 0 Å². The molecule has 0 bridgehead atoms. The fourth-order valence-corrected chi connectivity index (χ4v) is 1.58. The highest BCUT2D eigenvalue weighted by atomic mass is 35.5. The molecular formula is C12H17ClN4O2. The highest BCUT2D eigenvalue weighted by Crippen LogP contribution is 2.14. The van der Waals surface area contributed by atoms with Crippen molar-refractivity contribution in [3.63, 3.8) is 0 Å². The van der Waals surface area contributed by atoms with E-state index in [9.17, 15) is 9.59 Å². The Morgan fingerprint density at radius 1 is 1.37 bits per heavy atom. The lowest BCUT2D eigenvalue weighted by atomic mass is 10.2. The Hall–Kier alpha value is -1.82. The maximum Gasteiger partial charge on any atom is 0.251 e. The van der Waals surface area contributed by atoms with E-state index in [4.69, 9.17) is 17.3 Å². The number of carbonyl (C=O) groups is 2. The molecule has 0 radical (unpaired) electrons. The first kappa shape index (κ1) is 15.2. The molecule has 4 N–H and O–H groups in total. The number of nitrogens with one attached hydrogen (secondary N) is 2. The van der Waals surface area contributed by atoms with Gasteiger partial charge in [0.1, 0.15) is 11.0 Å². The Bertz CT molecular complexity index is 465. The number of halogens is 1. The van der Waals surface area contributed by atoms with Gasteiger partial charge >= 0.3 is 0 Å². The quantitative estimate of drug-likeness (QED) is 0.655. The summed E-state index contributed by atoms with van der Waals surface area (Å²) in [5, 5.41) is 5.88. The smallest absolute Gasteiger partial charge is 0.251 e. The molecular weight excluding hydrogens is 268 g/mol. The van der Waals surface area contributed by atoms with Gasteiger partial charge in [0, 0.05) is 25.1 Å². The van der Waals surface area contributed by atoms with Gasteiger partial charge in [-0.15, -0.1) is 0 Å². The highest BCUT2D eigenvalue weighted by Gasteiger charge is 2.09. The maximum atomic E-state index is 11.8. The van der Waals surface area contributed by atoms with Crippen LogP contribution in [0.2, 0.25) is 5.15 Å². The normalized spacial score (nSPS) is 10.0. The van der Waals surface area contributed by atoms with E-state index in [1.54, 1.807) is 6.07 Å². The van der Waals surface area contributed by atoms with E-state index in [1.807, 2.05) is 6.92 Å². The standard InChI is InChI=1S/C12H17ClN4O2/c1-2-4-15-11-7-8(6-9(13)17-11)12(19)16-5-3-10(14)18/h6-7H,2-5H2,1H3,(H2,14,18)(H,15,17)(H,16,19). The molecule has 0 aromatic carbocycles. The molecule has 0 aliphatic heterocycles. The van der Waals surface area contributed by atoms with Crippen LogP contribution in [0.15, 0.2) is 12.1 Å². The summed E-state index contributed by atoms with van der Waals surface area (Å²) in [6, 6.07) is 3.08. The molecule has 0 fully saturated rings. The number of pyridine rings is 1. The topological polar surface area (TPSA) is 97.1 Å². The number of nitrogens with zero attached hydrogens (tertiary/aromatic N) is 1. The molecule has 2 amide bonds. The summed E-state index contributed by atoms with van der Waals surface area (Å²) in [4.78, 5) is 26.5. The number of hydrogen-bond acceptors (Lipinski definition) is 4. The minimum Gasteiger partial charge on any atom is -0.370 e. The molecule has 19 heavy (non-hydrogen) atoms. The Morgan fingerprint density at radius 3 is 2.74 bits per heavy atom. The van der Waals surface area contributed by atoms with E-state index in [2.05, 4.69) is 15.6 Å². The number of aromatic nitrogens is 1. The summed E-state index contributed by atoms with van der Waals surface area (Å²) < 4.78 is 0. The van der Waals surface area contributed by atoms with Gasteiger partial charge in [0.15, 0.2) is 0 Å². The summed E-state index contributed by atoms with van der Waals surface area (Å²) in [6.07, 6.45) is 1.04. The van der Waals surface area contributed by atoms with Crippen molar-refractivity contribution in [2.45, 2.75) is 19.8 Å². The number of primary amides is 1. The van der Waals surface area contributed by atoms with E-state index in [0.29, 0.717) is 11.4 Å². The van der Waals surface area contributed by atoms with Gasteiger partial charge in [-0.2, -0.15) is 0 Å². The molecule has 0 aliphatic carbocycles. The first-order chi connectivity index (χ1) is 9.02. The largest absolute Gasteiger partial charge is 0.370 e. The van der Waals surface area contributed by atoms with Gasteiger partial charge in [-0.3, -0.25) is 9.59 Å². The van der Waals surface area contributed by atoms with E-state index in [-0.39, 0.29) is 24.0 Å². The van der Waals surface area contributed by atoms with Crippen LogP contribution >= 0.6 is 11.6 Å². The fraction of sp³-hybridized carbons (Fsp3) is 0.417.